The Bertz CT molecular complexity index is 600. The molecule has 112 valence electrons. The molecule has 0 radical (unpaired) electrons. The number of piperidine rings is 1. The highest BCUT2D eigenvalue weighted by molar-refractivity contribution is 7.89. The van der Waals surface area contributed by atoms with Crippen molar-refractivity contribution in [1.29, 1.82) is 0 Å². The van der Waals surface area contributed by atoms with Gasteiger partial charge < -0.3 is 10.6 Å². The number of benzene rings is 1. The fourth-order valence-corrected chi connectivity index (χ4v) is 3.74. The van der Waals surface area contributed by atoms with Gasteiger partial charge in [-0.2, -0.15) is 0 Å². The lowest BCUT2D eigenvalue weighted by Gasteiger charge is -2.43. The van der Waals surface area contributed by atoms with Crippen LogP contribution in [0.25, 0.3) is 0 Å². The van der Waals surface area contributed by atoms with E-state index in [2.05, 4.69) is 25.7 Å². The predicted octanol–water partition coefficient (Wildman–Crippen LogP) is 1.79. The van der Waals surface area contributed by atoms with Gasteiger partial charge in [-0.1, -0.05) is 19.9 Å². The number of hydrogen-bond acceptors (Lipinski definition) is 4. The van der Waals surface area contributed by atoms with Gasteiger partial charge in [0.05, 0.1) is 11.4 Å². The van der Waals surface area contributed by atoms with Crippen molar-refractivity contribution in [3.8, 4) is 0 Å². The van der Waals surface area contributed by atoms with Crippen molar-refractivity contribution in [2.45, 2.75) is 38.1 Å². The van der Waals surface area contributed by atoms with Gasteiger partial charge in [0.25, 0.3) is 0 Å². The van der Waals surface area contributed by atoms with Gasteiger partial charge in [-0.3, -0.25) is 0 Å². The predicted molar refractivity (Wildman–Crippen MR) is 82.0 cm³/mol. The Labute approximate surface area is 121 Å². The highest BCUT2D eigenvalue weighted by atomic mass is 32.2. The SMILES string of the molecule is CC1CC(C)C(C)N(c2cccc(S(N)(=O)=O)c2N)C1. The molecule has 0 amide bonds. The van der Waals surface area contributed by atoms with E-state index in [0.717, 1.165) is 12.2 Å². The third-order valence-electron chi connectivity index (χ3n) is 4.26. The largest absolute Gasteiger partial charge is 0.396 e. The number of nitrogens with two attached hydrogens (primary N) is 2. The zero-order chi connectivity index (χ0) is 15.1. The first-order valence-electron chi connectivity index (χ1n) is 6.89. The van der Waals surface area contributed by atoms with Crippen LogP contribution in [0.4, 0.5) is 11.4 Å². The molecule has 5 nitrogen and oxygen atoms in total. The number of hydrogen-bond donors (Lipinski definition) is 2. The first-order chi connectivity index (χ1) is 9.21. The van der Waals surface area contributed by atoms with Crippen LogP contribution in [-0.2, 0) is 10.0 Å². The standard InChI is InChI=1S/C14H23N3O2S/c1-9-7-10(2)11(3)17(8-9)12-5-4-6-13(14(12)15)20(16,18)19/h4-6,9-11H,7-8,15H2,1-3H3,(H2,16,18,19). The molecule has 1 aromatic carbocycles. The molecular formula is C14H23N3O2S. The van der Waals surface area contributed by atoms with Crippen molar-refractivity contribution in [2.75, 3.05) is 17.2 Å². The van der Waals surface area contributed by atoms with Crippen LogP contribution in [0.3, 0.4) is 0 Å². The van der Waals surface area contributed by atoms with Crippen LogP contribution >= 0.6 is 0 Å². The smallest absolute Gasteiger partial charge is 0.240 e. The lowest BCUT2D eigenvalue weighted by Crippen LogP contribution is -2.46. The molecule has 0 bridgehead atoms. The quantitative estimate of drug-likeness (QED) is 0.814. The number of rotatable bonds is 2. The Morgan fingerprint density at radius 2 is 1.90 bits per heavy atom. The van der Waals surface area contributed by atoms with Crippen LogP contribution in [-0.4, -0.2) is 21.0 Å². The molecule has 6 heteroatoms. The summed E-state index contributed by atoms with van der Waals surface area (Å²) < 4.78 is 23.2. The van der Waals surface area contributed by atoms with Crippen molar-refractivity contribution in [2.24, 2.45) is 17.0 Å². The average Bonchev–Trinajstić information content (AvgIpc) is 2.33. The minimum atomic E-state index is -3.79. The lowest BCUT2D eigenvalue weighted by molar-refractivity contribution is 0.297. The van der Waals surface area contributed by atoms with Crippen LogP contribution in [0.5, 0.6) is 0 Å². The summed E-state index contributed by atoms with van der Waals surface area (Å²) in [6.07, 6.45) is 1.17. The van der Waals surface area contributed by atoms with Crippen LogP contribution in [0.1, 0.15) is 27.2 Å². The maximum absolute atomic E-state index is 11.6. The normalized spacial score (nSPS) is 27.6. The second kappa shape index (κ2) is 5.26. The zero-order valence-corrected chi connectivity index (χ0v) is 13.0. The zero-order valence-electron chi connectivity index (χ0n) is 12.2. The summed E-state index contributed by atoms with van der Waals surface area (Å²) in [5, 5.41) is 5.22. The third kappa shape index (κ3) is 2.76. The van der Waals surface area contributed by atoms with Crippen LogP contribution in [0.15, 0.2) is 23.1 Å². The van der Waals surface area contributed by atoms with E-state index >= 15 is 0 Å². The summed E-state index contributed by atoms with van der Waals surface area (Å²) in [6.45, 7) is 7.45. The van der Waals surface area contributed by atoms with Crippen LogP contribution in [0, 0.1) is 11.8 Å². The van der Waals surface area contributed by atoms with Crippen molar-refractivity contribution in [3.63, 3.8) is 0 Å². The van der Waals surface area contributed by atoms with E-state index in [1.165, 1.54) is 12.5 Å². The van der Waals surface area contributed by atoms with E-state index < -0.39 is 10.0 Å². The number of nitrogens with zero attached hydrogens (tertiary/aromatic N) is 1. The number of primary sulfonamides is 1. The van der Waals surface area contributed by atoms with Gasteiger partial charge in [-0.25, -0.2) is 13.6 Å². The summed E-state index contributed by atoms with van der Waals surface area (Å²) in [7, 11) is -3.79. The van der Waals surface area contributed by atoms with Gasteiger partial charge in [-0.15, -0.1) is 0 Å². The fraction of sp³-hybridized carbons (Fsp3) is 0.571. The molecule has 0 spiro atoms. The highest BCUT2D eigenvalue weighted by Gasteiger charge is 2.30. The molecule has 3 unspecified atom stereocenters. The molecular weight excluding hydrogens is 274 g/mol. The molecule has 3 atom stereocenters. The maximum Gasteiger partial charge on any atom is 0.240 e. The maximum atomic E-state index is 11.6. The summed E-state index contributed by atoms with van der Waals surface area (Å²) in [6, 6.07) is 5.34. The van der Waals surface area contributed by atoms with Crippen LogP contribution in [0.2, 0.25) is 0 Å². The molecule has 2 rings (SSSR count). The number of anilines is 2. The summed E-state index contributed by atoms with van der Waals surface area (Å²) in [4.78, 5) is 2.20. The Morgan fingerprint density at radius 1 is 1.25 bits per heavy atom. The molecule has 1 saturated heterocycles. The Kier molecular flexibility index (Phi) is 3.97. The molecule has 1 fully saturated rings. The third-order valence-corrected chi connectivity index (χ3v) is 5.23. The van der Waals surface area contributed by atoms with Gasteiger partial charge in [0.15, 0.2) is 0 Å². The van der Waals surface area contributed by atoms with Gasteiger partial charge in [0.2, 0.25) is 10.0 Å². The van der Waals surface area contributed by atoms with Crippen molar-refractivity contribution >= 4 is 21.4 Å². The lowest BCUT2D eigenvalue weighted by atomic mass is 9.85. The topological polar surface area (TPSA) is 89.4 Å². The van der Waals surface area contributed by atoms with Gasteiger partial charge in [-0.05, 0) is 37.3 Å². The van der Waals surface area contributed by atoms with E-state index in [1.807, 2.05) is 6.07 Å². The number of sulfonamides is 1. The van der Waals surface area contributed by atoms with E-state index in [1.54, 1.807) is 6.07 Å². The fourth-order valence-electron chi connectivity index (χ4n) is 3.06. The number of para-hydroxylation sites is 1. The first-order valence-corrected chi connectivity index (χ1v) is 8.44. The first kappa shape index (κ1) is 15.1. The van der Waals surface area contributed by atoms with Crippen molar-refractivity contribution in [3.05, 3.63) is 18.2 Å². The molecule has 1 aliphatic rings. The van der Waals surface area contributed by atoms with Crippen molar-refractivity contribution < 1.29 is 8.42 Å². The monoisotopic (exact) mass is 297 g/mol. The molecule has 4 N–H and O–H groups in total. The van der Waals surface area contributed by atoms with E-state index in [9.17, 15) is 8.42 Å². The van der Waals surface area contributed by atoms with E-state index in [0.29, 0.717) is 17.9 Å². The molecule has 20 heavy (non-hydrogen) atoms. The molecule has 1 aromatic rings. The Morgan fingerprint density at radius 3 is 2.50 bits per heavy atom. The van der Waals surface area contributed by atoms with E-state index in [4.69, 9.17) is 10.9 Å². The van der Waals surface area contributed by atoms with Crippen molar-refractivity contribution in [1.82, 2.24) is 0 Å². The Balaban J connectivity index is 2.47. The minimum Gasteiger partial charge on any atom is -0.396 e. The molecule has 1 aliphatic heterocycles. The minimum absolute atomic E-state index is 0.00748. The van der Waals surface area contributed by atoms with E-state index in [-0.39, 0.29) is 10.6 Å². The summed E-state index contributed by atoms with van der Waals surface area (Å²) in [5.41, 5.74) is 7.07. The second-order valence-electron chi connectivity index (χ2n) is 5.95. The van der Waals surface area contributed by atoms with Gasteiger partial charge in [0, 0.05) is 12.6 Å². The molecule has 0 aromatic heterocycles. The van der Waals surface area contributed by atoms with Gasteiger partial charge in [0.1, 0.15) is 4.90 Å². The number of nitrogen functional groups attached to an aromatic ring is 1. The molecule has 0 saturated carbocycles. The highest BCUT2D eigenvalue weighted by Crippen LogP contribution is 2.36. The molecule has 1 heterocycles. The second-order valence-corrected chi connectivity index (χ2v) is 7.47. The summed E-state index contributed by atoms with van der Waals surface area (Å²) in [5.74, 6) is 1.09. The van der Waals surface area contributed by atoms with Crippen LogP contribution < -0.4 is 15.8 Å². The molecule has 0 aliphatic carbocycles. The average molecular weight is 297 g/mol. The summed E-state index contributed by atoms with van der Waals surface area (Å²) >= 11 is 0. The Hall–Kier alpha value is -1.27. The van der Waals surface area contributed by atoms with Gasteiger partial charge >= 0.3 is 0 Å².